The molecule has 0 radical (unpaired) electrons. The van der Waals surface area contributed by atoms with E-state index in [1.807, 2.05) is 4.90 Å². The number of carbonyl (C=O) groups excluding carboxylic acids is 2. The number of carbonyl (C=O) groups is 2. The maximum atomic E-state index is 13.4. The molecule has 3 aliphatic rings. The molecule has 2 amide bonds. The lowest BCUT2D eigenvalue weighted by atomic mass is 10.1. The third-order valence-corrected chi connectivity index (χ3v) is 8.76. The van der Waals surface area contributed by atoms with E-state index in [4.69, 9.17) is 9.47 Å². The summed E-state index contributed by atoms with van der Waals surface area (Å²) in [6.07, 6.45) is 2.06. The monoisotopic (exact) mass is 517 g/mol. The van der Waals surface area contributed by atoms with Gasteiger partial charge in [-0.1, -0.05) is 0 Å². The smallest absolute Gasteiger partial charge is 0.260 e. The summed E-state index contributed by atoms with van der Waals surface area (Å²) in [4.78, 5) is 29.8. The molecule has 192 valence electrons. The highest BCUT2D eigenvalue weighted by Gasteiger charge is 2.38. The minimum atomic E-state index is -3.74. The first-order valence-corrected chi connectivity index (χ1v) is 13.5. The third kappa shape index (κ3) is 4.82. The van der Waals surface area contributed by atoms with E-state index in [1.54, 1.807) is 6.07 Å². The Morgan fingerprint density at radius 2 is 1.58 bits per heavy atom. The minimum Gasteiger partial charge on any atom is -0.486 e. The number of piperazine rings is 1. The number of halogens is 1. The van der Waals surface area contributed by atoms with Crippen LogP contribution in [0.4, 0.5) is 4.39 Å². The first kappa shape index (κ1) is 24.7. The maximum Gasteiger partial charge on any atom is 0.260 e. The molecule has 0 aromatic heterocycles. The Hall–Kier alpha value is -3.02. The number of imide groups is 1. The zero-order chi connectivity index (χ0) is 25.3. The molecular formula is C25H28FN3O6S. The number of benzene rings is 2. The molecule has 0 N–H and O–H groups in total. The number of sulfonamides is 1. The molecule has 5 rings (SSSR count). The molecule has 2 aromatic carbocycles. The van der Waals surface area contributed by atoms with Gasteiger partial charge in [0.05, 0.1) is 10.9 Å². The highest BCUT2D eigenvalue weighted by molar-refractivity contribution is 7.89. The molecule has 2 aromatic rings. The molecule has 2 saturated heterocycles. The molecule has 0 spiro atoms. The Bertz CT molecular complexity index is 1240. The molecule has 0 unspecified atom stereocenters. The maximum absolute atomic E-state index is 13.4. The van der Waals surface area contributed by atoms with Crippen molar-refractivity contribution < 1.29 is 31.9 Å². The molecule has 3 aliphatic heterocycles. The highest BCUT2D eigenvalue weighted by atomic mass is 32.2. The molecule has 0 saturated carbocycles. The molecule has 9 nitrogen and oxygen atoms in total. The van der Waals surface area contributed by atoms with Crippen LogP contribution >= 0.6 is 0 Å². The van der Waals surface area contributed by atoms with Crippen LogP contribution in [0.15, 0.2) is 47.4 Å². The van der Waals surface area contributed by atoms with Crippen molar-refractivity contribution in [1.29, 1.82) is 0 Å². The lowest BCUT2D eigenvalue weighted by Crippen LogP contribution is -2.56. The van der Waals surface area contributed by atoms with E-state index in [2.05, 4.69) is 0 Å². The van der Waals surface area contributed by atoms with Gasteiger partial charge in [-0.25, -0.2) is 12.8 Å². The summed E-state index contributed by atoms with van der Waals surface area (Å²) in [5, 5.41) is 0. The number of hydrogen-bond donors (Lipinski definition) is 0. The van der Waals surface area contributed by atoms with Crippen molar-refractivity contribution in [3.05, 3.63) is 53.8 Å². The Morgan fingerprint density at radius 1 is 0.889 bits per heavy atom. The number of rotatable bonds is 4. The second-order valence-corrected chi connectivity index (χ2v) is 11.0. The largest absolute Gasteiger partial charge is 0.486 e. The number of likely N-dealkylation sites (tertiary alicyclic amines) is 1. The number of fused-ring (bicyclic) bond motifs is 1. The van der Waals surface area contributed by atoms with Gasteiger partial charge in [0, 0.05) is 44.4 Å². The van der Waals surface area contributed by atoms with Crippen LogP contribution in [0.1, 0.15) is 29.6 Å². The standard InChI is InChI=1S/C25H28FN3O6S/c26-19-6-4-18(5-7-19)24(30)29-10-2-1-3-21(25(29)31)27-11-13-28(14-12-27)36(32,33)20-8-9-22-23(17-20)35-16-15-34-22/h4-9,17,21H,1-3,10-16H2/t21-/m1/s1. The molecule has 2 fully saturated rings. The summed E-state index contributed by atoms with van der Waals surface area (Å²) in [6, 6.07) is 9.28. The SMILES string of the molecule is O=C(c1ccc(F)cc1)N1CCCC[C@@H](N2CCN(S(=O)(=O)c3ccc4c(c3)OCCO4)CC2)C1=O. The van der Waals surface area contributed by atoms with Crippen molar-refractivity contribution >= 4 is 21.8 Å². The van der Waals surface area contributed by atoms with Gasteiger partial charge in [0.1, 0.15) is 19.0 Å². The van der Waals surface area contributed by atoms with Gasteiger partial charge in [0.25, 0.3) is 5.91 Å². The van der Waals surface area contributed by atoms with Crippen LogP contribution in [0.3, 0.4) is 0 Å². The summed E-state index contributed by atoms with van der Waals surface area (Å²) in [6.45, 7) is 2.31. The number of hydrogen-bond acceptors (Lipinski definition) is 7. The average molecular weight is 518 g/mol. The zero-order valence-corrected chi connectivity index (χ0v) is 20.6. The predicted molar refractivity (Wildman–Crippen MR) is 128 cm³/mol. The summed E-state index contributed by atoms with van der Waals surface area (Å²) in [7, 11) is -3.74. The molecule has 1 atom stereocenters. The van der Waals surface area contributed by atoms with E-state index < -0.39 is 27.8 Å². The normalized spacial score (nSPS) is 21.8. The van der Waals surface area contributed by atoms with Crippen LogP contribution in [0, 0.1) is 5.82 Å². The van der Waals surface area contributed by atoms with Gasteiger partial charge in [0.2, 0.25) is 15.9 Å². The Morgan fingerprint density at radius 3 is 2.31 bits per heavy atom. The molecule has 3 heterocycles. The van der Waals surface area contributed by atoms with E-state index >= 15 is 0 Å². The fourth-order valence-electron chi connectivity index (χ4n) is 4.90. The summed E-state index contributed by atoms with van der Waals surface area (Å²) < 4.78 is 52.2. The van der Waals surface area contributed by atoms with Gasteiger partial charge in [-0.2, -0.15) is 4.31 Å². The Balaban J connectivity index is 1.26. The second kappa shape index (κ2) is 10.2. The van der Waals surface area contributed by atoms with Gasteiger partial charge >= 0.3 is 0 Å². The van der Waals surface area contributed by atoms with Crippen molar-refractivity contribution in [1.82, 2.24) is 14.1 Å². The van der Waals surface area contributed by atoms with Crippen molar-refractivity contribution in [2.24, 2.45) is 0 Å². The highest BCUT2D eigenvalue weighted by Crippen LogP contribution is 2.33. The molecular weight excluding hydrogens is 489 g/mol. The molecule has 0 bridgehead atoms. The van der Waals surface area contributed by atoms with E-state index in [0.717, 1.165) is 6.42 Å². The topological polar surface area (TPSA) is 96.5 Å². The Labute approximate surface area is 209 Å². The van der Waals surface area contributed by atoms with Gasteiger partial charge in [0.15, 0.2) is 11.5 Å². The van der Waals surface area contributed by atoms with E-state index in [9.17, 15) is 22.4 Å². The molecule has 36 heavy (non-hydrogen) atoms. The number of amides is 2. The fourth-order valence-corrected chi connectivity index (χ4v) is 6.34. The van der Waals surface area contributed by atoms with Crippen molar-refractivity contribution in [3.8, 4) is 11.5 Å². The van der Waals surface area contributed by atoms with E-state index in [1.165, 1.54) is 45.6 Å². The minimum absolute atomic E-state index is 0.141. The first-order valence-electron chi connectivity index (χ1n) is 12.1. The van der Waals surface area contributed by atoms with E-state index in [0.29, 0.717) is 57.2 Å². The van der Waals surface area contributed by atoms with Crippen molar-refractivity contribution in [3.63, 3.8) is 0 Å². The van der Waals surface area contributed by atoms with E-state index in [-0.39, 0.29) is 29.5 Å². The van der Waals surface area contributed by atoms with Crippen LogP contribution in [0.5, 0.6) is 11.5 Å². The van der Waals surface area contributed by atoms with Gasteiger partial charge < -0.3 is 9.47 Å². The summed E-state index contributed by atoms with van der Waals surface area (Å²) in [5.41, 5.74) is 0.265. The molecule has 11 heteroatoms. The zero-order valence-electron chi connectivity index (χ0n) is 19.8. The van der Waals surface area contributed by atoms with Gasteiger partial charge in [-0.3, -0.25) is 19.4 Å². The van der Waals surface area contributed by atoms with Crippen LogP contribution in [-0.2, 0) is 14.8 Å². The van der Waals surface area contributed by atoms with Gasteiger partial charge in [-0.15, -0.1) is 0 Å². The van der Waals surface area contributed by atoms with Crippen LogP contribution < -0.4 is 9.47 Å². The predicted octanol–water partition coefficient (Wildman–Crippen LogP) is 2.12. The fraction of sp³-hybridized carbons (Fsp3) is 0.440. The number of nitrogens with zero attached hydrogens (tertiary/aromatic N) is 3. The lowest BCUT2D eigenvalue weighted by molar-refractivity contribution is -0.134. The van der Waals surface area contributed by atoms with Crippen LogP contribution in [-0.4, -0.2) is 86.3 Å². The van der Waals surface area contributed by atoms with Crippen molar-refractivity contribution in [2.75, 3.05) is 45.9 Å². The van der Waals surface area contributed by atoms with Crippen LogP contribution in [0.2, 0.25) is 0 Å². The summed E-state index contributed by atoms with van der Waals surface area (Å²) in [5.74, 6) is -0.236. The third-order valence-electron chi connectivity index (χ3n) is 6.86. The lowest BCUT2D eigenvalue weighted by Gasteiger charge is -2.38. The quantitative estimate of drug-likeness (QED) is 0.574. The van der Waals surface area contributed by atoms with Crippen molar-refractivity contribution in [2.45, 2.75) is 30.2 Å². The van der Waals surface area contributed by atoms with Crippen LogP contribution in [0.25, 0.3) is 0 Å². The Kier molecular flexibility index (Phi) is 6.96. The second-order valence-electron chi connectivity index (χ2n) is 9.06. The number of ether oxygens (including phenoxy) is 2. The first-order chi connectivity index (χ1) is 17.3. The van der Waals surface area contributed by atoms with Gasteiger partial charge in [-0.05, 0) is 55.7 Å². The summed E-state index contributed by atoms with van der Waals surface area (Å²) >= 11 is 0. The average Bonchev–Trinajstić information content (AvgIpc) is 3.10. The molecule has 0 aliphatic carbocycles.